The van der Waals surface area contributed by atoms with Crippen LogP contribution in [-0.2, 0) is 16.0 Å². The molecule has 0 spiro atoms. The molecule has 1 aliphatic heterocycles. The lowest BCUT2D eigenvalue weighted by molar-refractivity contribution is -0.128. The summed E-state index contributed by atoms with van der Waals surface area (Å²) in [4.78, 5) is 29.5. The third kappa shape index (κ3) is 3.74. The van der Waals surface area contributed by atoms with Gasteiger partial charge in [-0.25, -0.2) is 8.78 Å². The number of carbonyl (C=O) groups excluding carboxylic acids is 2. The number of likely N-dealkylation sites (tertiary alicyclic amines) is 1. The van der Waals surface area contributed by atoms with E-state index in [9.17, 15) is 18.4 Å². The summed E-state index contributed by atoms with van der Waals surface area (Å²) in [5.41, 5.74) is 2.28. The minimum atomic E-state index is -0.446. The molecule has 7 heteroatoms. The number of aromatic amines is 1. The van der Waals surface area contributed by atoms with Crippen LogP contribution in [0.3, 0.4) is 0 Å². The molecule has 0 saturated carbocycles. The number of rotatable bonds is 5. The summed E-state index contributed by atoms with van der Waals surface area (Å²) in [5, 5.41) is 3.52. The second-order valence-corrected chi connectivity index (χ2v) is 6.99. The van der Waals surface area contributed by atoms with Crippen LogP contribution in [-0.4, -0.2) is 34.8 Å². The van der Waals surface area contributed by atoms with E-state index in [4.69, 9.17) is 0 Å². The Kier molecular flexibility index (Phi) is 4.81. The first-order valence-electron chi connectivity index (χ1n) is 9.09. The molecular formula is C21H19F2N3O2. The van der Waals surface area contributed by atoms with Crippen LogP contribution in [0.5, 0.6) is 0 Å². The van der Waals surface area contributed by atoms with Gasteiger partial charge in [-0.1, -0.05) is 0 Å². The van der Waals surface area contributed by atoms with Gasteiger partial charge in [0, 0.05) is 42.3 Å². The van der Waals surface area contributed by atoms with E-state index in [0.717, 1.165) is 16.5 Å². The summed E-state index contributed by atoms with van der Waals surface area (Å²) in [6.07, 6.45) is 2.54. The summed E-state index contributed by atoms with van der Waals surface area (Å²) < 4.78 is 26.5. The Morgan fingerprint density at radius 3 is 2.68 bits per heavy atom. The molecule has 2 aromatic carbocycles. The van der Waals surface area contributed by atoms with Crippen LogP contribution in [0.4, 0.5) is 14.5 Å². The van der Waals surface area contributed by atoms with E-state index in [0.29, 0.717) is 25.2 Å². The van der Waals surface area contributed by atoms with E-state index in [1.165, 1.54) is 36.4 Å². The molecule has 4 rings (SSSR count). The zero-order chi connectivity index (χ0) is 19.7. The fourth-order valence-corrected chi connectivity index (χ4v) is 3.55. The van der Waals surface area contributed by atoms with Crippen molar-refractivity contribution in [3.8, 4) is 0 Å². The fraction of sp³-hybridized carbons (Fsp3) is 0.238. The molecule has 0 aliphatic carbocycles. The topological polar surface area (TPSA) is 65.2 Å². The van der Waals surface area contributed by atoms with Crippen LogP contribution < -0.4 is 5.32 Å². The maximum Gasteiger partial charge on any atom is 0.229 e. The molecular weight excluding hydrogens is 364 g/mol. The van der Waals surface area contributed by atoms with Crippen LogP contribution in [0.15, 0.2) is 48.7 Å². The summed E-state index contributed by atoms with van der Waals surface area (Å²) in [7, 11) is 0. The Hall–Kier alpha value is -3.22. The molecule has 1 aliphatic rings. The Bertz CT molecular complexity index is 1030. The standard InChI is InChI=1S/C21H19F2N3O2/c22-15-1-4-17(5-2-15)25-21(28)14-9-20(27)26(12-14)8-7-13-11-24-19-6-3-16(23)10-18(13)19/h1-6,10-11,14,24H,7-9,12H2,(H,25,28)/t14-/m0/s1. The number of H-pyrrole nitrogens is 1. The molecule has 1 saturated heterocycles. The number of halogens is 2. The monoisotopic (exact) mass is 383 g/mol. The number of hydrogen-bond acceptors (Lipinski definition) is 2. The Balaban J connectivity index is 1.37. The summed E-state index contributed by atoms with van der Waals surface area (Å²) in [6, 6.07) is 10.1. The van der Waals surface area contributed by atoms with Gasteiger partial charge in [-0.15, -0.1) is 0 Å². The maximum atomic E-state index is 13.5. The van der Waals surface area contributed by atoms with Crippen LogP contribution >= 0.6 is 0 Å². The fourth-order valence-electron chi connectivity index (χ4n) is 3.55. The van der Waals surface area contributed by atoms with Crippen molar-refractivity contribution in [3.05, 3.63) is 65.9 Å². The minimum absolute atomic E-state index is 0.0784. The molecule has 5 nitrogen and oxygen atoms in total. The van der Waals surface area contributed by atoms with Crippen molar-refractivity contribution in [1.82, 2.24) is 9.88 Å². The summed E-state index contributed by atoms with van der Waals surface area (Å²) in [6.45, 7) is 0.797. The maximum absolute atomic E-state index is 13.5. The molecule has 144 valence electrons. The van der Waals surface area contributed by atoms with Gasteiger partial charge in [-0.2, -0.15) is 0 Å². The number of benzene rings is 2. The highest BCUT2D eigenvalue weighted by Crippen LogP contribution is 2.23. The van der Waals surface area contributed by atoms with Crippen molar-refractivity contribution in [1.29, 1.82) is 0 Å². The van der Waals surface area contributed by atoms with E-state index in [2.05, 4.69) is 10.3 Å². The first-order chi connectivity index (χ1) is 13.5. The molecule has 1 aromatic heterocycles. The molecule has 0 bridgehead atoms. The van der Waals surface area contributed by atoms with Crippen molar-refractivity contribution in [2.75, 3.05) is 18.4 Å². The minimum Gasteiger partial charge on any atom is -0.361 e. The average molecular weight is 383 g/mol. The zero-order valence-corrected chi connectivity index (χ0v) is 15.0. The summed E-state index contributed by atoms with van der Waals surface area (Å²) in [5.74, 6) is -1.46. The molecule has 0 unspecified atom stereocenters. The van der Waals surface area contributed by atoms with Gasteiger partial charge in [0.1, 0.15) is 11.6 Å². The number of fused-ring (bicyclic) bond motifs is 1. The molecule has 1 fully saturated rings. The van der Waals surface area contributed by atoms with Gasteiger partial charge < -0.3 is 15.2 Å². The number of hydrogen-bond donors (Lipinski definition) is 2. The molecule has 0 radical (unpaired) electrons. The van der Waals surface area contributed by atoms with Crippen molar-refractivity contribution >= 4 is 28.4 Å². The highest BCUT2D eigenvalue weighted by atomic mass is 19.1. The van der Waals surface area contributed by atoms with Gasteiger partial charge in [-0.3, -0.25) is 9.59 Å². The van der Waals surface area contributed by atoms with Crippen molar-refractivity contribution in [2.24, 2.45) is 5.92 Å². The molecule has 3 aromatic rings. The van der Waals surface area contributed by atoms with Gasteiger partial charge >= 0.3 is 0 Å². The summed E-state index contributed by atoms with van der Waals surface area (Å²) >= 11 is 0. The molecule has 2 N–H and O–H groups in total. The Morgan fingerprint density at radius 2 is 1.89 bits per heavy atom. The van der Waals surface area contributed by atoms with E-state index < -0.39 is 5.92 Å². The Labute approximate surface area is 160 Å². The second-order valence-electron chi connectivity index (χ2n) is 6.99. The predicted octanol–water partition coefficient (Wildman–Crippen LogP) is 3.48. The molecule has 2 amide bonds. The van der Waals surface area contributed by atoms with Gasteiger partial charge in [0.05, 0.1) is 5.92 Å². The molecule has 1 atom stereocenters. The average Bonchev–Trinajstić information content (AvgIpc) is 3.25. The normalized spacial score (nSPS) is 16.7. The van der Waals surface area contributed by atoms with Crippen molar-refractivity contribution in [2.45, 2.75) is 12.8 Å². The number of nitrogens with zero attached hydrogens (tertiary/aromatic N) is 1. The molecule has 28 heavy (non-hydrogen) atoms. The Morgan fingerprint density at radius 1 is 1.14 bits per heavy atom. The quantitative estimate of drug-likeness (QED) is 0.709. The smallest absolute Gasteiger partial charge is 0.229 e. The van der Waals surface area contributed by atoms with Crippen LogP contribution in [0.1, 0.15) is 12.0 Å². The third-order valence-electron chi connectivity index (χ3n) is 5.08. The first kappa shape index (κ1) is 18.2. The number of aromatic nitrogens is 1. The number of anilines is 1. The predicted molar refractivity (Wildman–Crippen MR) is 102 cm³/mol. The van der Waals surface area contributed by atoms with Crippen LogP contribution in [0.25, 0.3) is 10.9 Å². The lowest BCUT2D eigenvalue weighted by Crippen LogP contribution is -2.30. The number of nitrogens with one attached hydrogen (secondary N) is 2. The van der Waals surface area contributed by atoms with E-state index in [-0.39, 0.29) is 29.9 Å². The highest BCUT2D eigenvalue weighted by molar-refractivity contribution is 5.97. The van der Waals surface area contributed by atoms with Gasteiger partial charge in [0.2, 0.25) is 11.8 Å². The van der Waals surface area contributed by atoms with Crippen LogP contribution in [0, 0.1) is 17.6 Å². The van der Waals surface area contributed by atoms with Gasteiger partial charge in [-0.05, 0) is 54.4 Å². The highest BCUT2D eigenvalue weighted by Gasteiger charge is 2.34. The van der Waals surface area contributed by atoms with E-state index in [1.54, 1.807) is 11.0 Å². The SMILES string of the molecule is O=C(Nc1ccc(F)cc1)[C@H]1CC(=O)N(CCc2c[nH]c3ccc(F)cc23)C1. The van der Waals surface area contributed by atoms with Crippen LogP contribution in [0.2, 0.25) is 0 Å². The lowest BCUT2D eigenvalue weighted by atomic mass is 10.1. The largest absolute Gasteiger partial charge is 0.361 e. The van der Waals surface area contributed by atoms with Gasteiger partial charge in [0.15, 0.2) is 0 Å². The van der Waals surface area contributed by atoms with Crippen molar-refractivity contribution in [3.63, 3.8) is 0 Å². The molecule has 2 heterocycles. The number of amides is 2. The third-order valence-corrected chi connectivity index (χ3v) is 5.08. The second kappa shape index (κ2) is 7.42. The lowest BCUT2D eigenvalue weighted by Gasteiger charge is -2.16. The van der Waals surface area contributed by atoms with Crippen molar-refractivity contribution < 1.29 is 18.4 Å². The zero-order valence-electron chi connectivity index (χ0n) is 15.0. The van der Waals surface area contributed by atoms with E-state index >= 15 is 0 Å². The van der Waals surface area contributed by atoms with E-state index in [1.807, 2.05) is 6.20 Å². The number of carbonyl (C=O) groups is 2. The first-order valence-corrected chi connectivity index (χ1v) is 9.09. The van der Waals surface area contributed by atoms with Gasteiger partial charge in [0.25, 0.3) is 0 Å².